The summed E-state index contributed by atoms with van der Waals surface area (Å²) in [6.07, 6.45) is -0.0763. The normalized spacial score (nSPS) is 15.5. The summed E-state index contributed by atoms with van der Waals surface area (Å²) >= 11 is 6.02. The van der Waals surface area contributed by atoms with E-state index >= 15 is 0 Å². The molecule has 1 aliphatic heterocycles. The van der Waals surface area contributed by atoms with Crippen LogP contribution in [0.25, 0.3) is 0 Å². The van der Waals surface area contributed by atoms with Gasteiger partial charge >= 0.3 is 5.97 Å². The Morgan fingerprint density at radius 1 is 1.39 bits per heavy atom. The van der Waals surface area contributed by atoms with E-state index in [0.717, 1.165) is 5.56 Å². The third-order valence-corrected chi connectivity index (χ3v) is 3.50. The van der Waals surface area contributed by atoms with Gasteiger partial charge in [-0.2, -0.15) is 0 Å². The first-order valence-corrected chi connectivity index (χ1v) is 5.82. The number of carbonyl (C=O) groups is 2. The maximum absolute atomic E-state index is 11.9. The van der Waals surface area contributed by atoms with Gasteiger partial charge in [-0.05, 0) is 31.5 Å². The second-order valence-corrected chi connectivity index (χ2v) is 4.57. The molecule has 0 fully saturated rings. The molecule has 0 atom stereocenters. The number of amides is 1. The molecule has 1 aromatic carbocycles. The van der Waals surface area contributed by atoms with Crippen molar-refractivity contribution in [2.24, 2.45) is 0 Å². The summed E-state index contributed by atoms with van der Waals surface area (Å²) in [5, 5.41) is 9.58. The van der Waals surface area contributed by atoms with Gasteiger partial charge in [-0.3, -0.25) is 9.69 Å². The van der Waals surface area contributed by atoms with Crippen LogP contribution in [0.3, 0.4) is 0 Å². The van der Waals surface area contributed by atoms with Crippen molar-refractivity contribution in [1.29, 1.82) is 0 Å². The molecule has 1 heterocycles. The van der Waals surface area contributed by atoms with Crippen LogP contribution in [0.15, 0.2) is 29.5 Å². The van der Waals surface area contributed by atoms with Gasteiger partial charge in [-0.15, -0.1) is 0 Å². The van der Waals surface area contributed by atoms with Crippen molar-refractivity contribution in [3.05, 3.63) is 40.1 Å². The van der Waals surface area contributed by atoms with Crippen molar-refractivity contribution in [1.82, 2.24) is 0 Å². The predicted octanol–water partition coefficient (Wildman–Crippen LogP) is 2.74. The molecule has 2 rings (SSSR count). The van der Waals surface area contributed by atoms with Gasteiger partial charge in [0.25, 0.3) is 0 Å². The number of allylic oxidation sites excluding steroid dienone is 1. The van der Waals surface area contributed by atoms with Crippen LogP contribution >= 0.6 is 11.6 Å². The highest BCUT2D eigenvalue weighted by atomic mass is 35.5. The lowest BCUT2D eigenvalue weighted by Crippen LogP contribution is -2.24. The SMILES string of the molecule is CC1=C(C(=O)O)CC(=O)N1c1cccc(Cl)c1C. The molecule has 1 aromatic rings. The molecule has 0 radical (unpaired) electrons. The van der Waals surface area contributed by atoms with Crippen LogP contribution in [-0.2, 0) is 9.59 Å². The zero-order valence-electron chi connectivity index (χ0n) is 10.0. The minimum Gasteiger partial charge on any atom is -0.478 e. The van der Waals surface area contributed by atoms with Crippen LogP contribution in [0, 0.1) is 6.92 Å². The van der Waals surface area contributed by atoms with Crippen LogP contribution in [-0.4, -0.2) is 17.0 Å². The van der Waals surface area contributed by atoms with Gasteiger partial charge < -0.3 is 5.11 Å². The number of halogens is 1. The Morgan fingerprint density at radius 2 is 2.06 bits per heavy atom. The van der Waals surface area contributed by atoms with Crippen LogP contribution in [0.2, 0.25) is 5.02 Å². The van der Waals surface area contributed by atoms with Crippen LogP contribution in [0.1, 0.15) is 18.9 Å². The second kappa shape index (κ2) is 4.46. The first-order valence-electron chi connectivity index (χ1n) is 5.44. The third kappa shape index (κ3) is 1.88. The molecule has 1 amide bonds. The number of benzene rings is 1. The molecule has 0 bridgehead atoms. The fourth-order valence-electron chi connectivity index (χ4n) is 2.06. The van der Waals surface area contributed by atoms with Crippen molar-refractivity contribution in [2.45, 2.75) is 20.3 Å². The Morgan fingerprint density at radius 3 is 2.61 bits per heavy atom. The zero-order chi connectivity index (χ0) is 13.4. The summed E-state index contributed by atoms with van der Waals surface area (Å²) in [5.74, 6) is -1.29. The summed E-state index contributed by atoms with van der Waals surface area (Å²) in [5.41, 5.74) is 2.00. The maximum Gasteiger partial charge on any atom is 0.333 e. The number of carboxylic acid groups (broad SMARTS) is 1. The van der Waals surface area contributed by atoms with Gasteiger partial charge in [-0.1, -0.05) is 17.7 Å². The first kappa shape index (κ1) is 12.6. The number of nitrogens with zero attached hydrogens (tertiary/aromatic N) is 1. The van der Waals surface area contributed by atoms with E-state index in [-0.39, 0.29) is 17.9 Å². The molecule has 5 heteroatoms. The summed E-state index contributed by atoms with van der Waals surface area (Å²) in [7, 11) is 0. The Balaban J connectivity index is 2.54. The van der Waals surface area contributed by atoms with E-state index in [9.17, 15) is 9.59 Å². The second-order valence-electron chi connectivity index (χ2n) is 4.16. The summed E-state index contributed by atoms with van der Waals surface area (Å²) in [4.78, 5) is 24.4. The molecule has 94 valence electrons. The van der Waals surface area contributed by atoms with Crippen LogP contribution in [0.5, 0.6) is 0 Å². The summed E-state index contributed by atoms with van der Waals surface area (Å²) in [6, 6.07) is 5.23. The van der Waals surface area contributed by atoms with Crippen molar-refractivity contribution in [3.8, 4) is 0 Å². The number of rotatable bonds is 2. The number of hydrogen-bond acceptors (Lipinski definition) is 2. The monoisotopic (exact) mass is 265 g/mol. The number of carbonyl (C=O) groups excluding carboxylic acids is 1. The quantitative estimate of drug-likeness (QED) is 0.894. The average molecular weight is 266 g/mol. The topological polar surface area (TPSA) is 57.6 Å². The third-order valence-electron chi connectivity index (χ3n) is 3.09. The Labute approximate surface area is 109 Å². The Bertz CT molecular complexity index is 578. The van der Waals surface area contributed by atoms with E-state index in [1.807, 2.05) is 0 Å². The average Bonchev–Trinajstić information content (AvgIpc) is 2.59. The molecule has 0 saturated heterocycles. The van der Waals surface area contributed by atoms with E-state index in [0.29, 0.717) is 16.4 Å². The van der Waals surface area contributed by atoms with Crippen molar-refractivity contribution >= 4 is 29.2 Å². The van der Waals surface area contributed by atoms with Crippen molar-refractivity contribution in [2.75, 3.05) is 4.90 Å². The zero-order valence-corrected chi connectivity index (χ0v) is 10.8. The van der Waals surface area contributed by atoms with E-state index in [1.54, 1.807) is 32.0 Å². The number of carboxylic acids is 1. The lowest BCUT2D eigenvalue weighted by atomic mass is 10.1. The molecule has 0 saturated carbocycles. The number of hydrogen-bond donors (Lipinski definition) is 1. The Kier molecular flexibility index (Phi) is 3.13. The van der Waals surface area contributed by atoms with E-state index in [1.165, 1.54) is 4.90 Å². The van der Waals surface area contributed by atoms with Crippen molar-refractivity contribution < 1.29 is 14.7 Å². The van der Waals surface area contributed by atoms with Gasteiger partial charge in [0.05, 0.1) is 17.7 Å². The summed E-state index contributed by atoms with van der Waals surface area (Å²) < 4.78 is 0. The largest absolute Gasteiger partial charge is 0.478 e. The first-order chi connectivity index (χ1) is 8.43. The van der Waals surface area contributed by atoms with E-state index in [4.69, 9.17) is 16.7 Å². The highest BCUT2D eigenvalue weighted by Crippen LogP contribution is 2.34. The standard InChI is InChI=1S/C13H12ClNO3/c1-7-10(14)4-3-5-11(7)15-8(2)9(13(17)18)6-12(15)16/h3-5H,6H2,1-2H3,(H,17,18). The highest BCUT2D eigenvalue weighted by molar-refractivity contribution is 6.31. The van der Waals surface area contributed by atoms with Crippen LogP contribution < -0.4 is 4.90 Å². The number of anilines is 1. The van der Waals surface area contributed by atoms with Gasteiger partial charge in [0, 0.05) is 10.7 Å². The fraction of sp³-hybridized carbons (Fsp3) is 0.231. The van der Waals surface area contributed by atoms with Gasteiger partial charge in [0.2, 0.25) is 5.91 Å². The molecule has 0 unspecified atom stereocenters. The molecule has 0 aliphatic carbocycles. The minimum absolute atomic E-state index is 0.0763. The maximum atomic E-state index is 11.9. The minimum atomic E-state index is -1.05. The van der Waals surface area contributed by atoms with Gasteiger partial charge in [-0.25, -0.2) is 4.79 Å². The number of aliphatic carboxylic acids is 1. The van der Waals surface area contributed by atoms with Crippen LogP contribution in [0.4, 0.5) is 5.69 Å². The molecular weight excluding hydrogens is 254 g/mol. The van der Waals surface area contributed by atoms with E-state index < -0.39 is 5.97 Å². The smallest absolute Gasteiger partial charge is 0.333 e. The van der Waals surface area contributed by atoms with Crippen molar-refractivity contribution in [3.63, 3.8) is 0 Å². The molecule has 0 aromatic heterocycles. The fourth-order valence-corrected chi connectivity index (χ4v) is 2.23. The molecule has 0 spiro atoms. The molecule has 1 N–H and O–H groups in total. The molecular formula is C13H12ClNO3. The lowest BCUT2D eigenvalue weighted by Gasteiger charge is -2.20. The molecule has 18 heavy (non-hydrogen) atoms. The highest BCUT2D eigenvalue weighted by Gasteiger charge is 2.32. The molecule has 1 aliphatic rings. The van der Waals surface area contributed by atoms with Gasteiger partial charge in [0.15, 0.2) is 0 Å². The van der Waals surface area contributed by atoms with Gasteiger partial charge in [0.1, 0.15) is 0 Å². The lowest BCUT2D eigenvalue weighted by molar-refractivity contribution is -0.133. The molecule has 4 nitrogen and oxygen atoms in total. The summed E-state index contributed by atoms with van der Waals surface area (Å²) in [6.45, 7) is 3.44. The van der Waals surface area contributed by atoms with E-state index in [2.05, 4.69) is 0 Å². The predicted molar refractivity (Wildman–Crippen MR) is 68.6 cm³/mol. The Hall–Kier alpha value is -1.81.